The molecule has 0 aliphatic rings. The molecule has 1 aromatic heterocycles. The fraction of sp³-hybridized carbons (Fsp3) is 0.400. The van der Waals surface area contributed by atoms with Gasteiger partial charge in [0, 0.05) is 19.3 Å². The van der Waals surface area contributed by atoms with Gasteiger partial charge >= 0.3 is 0 Å². The van der Waals surface area contributed by atoms with Crippen molar-refractivity contribution in [2.75, 3.05) is 13.1 Å². The van der Waals surface area contributed by atoms with Gasteiger partial charge < -0.3 is 10.0 Å². The molecular formula is C10H15ClN2O2. The van der Waals surface area contributed by atoms with Gasteiger partial charge in [0.1, 0.15) is 5.75 Å². The van der Waals surface area contributed by atoms with Crippen molar-refractivity contribution in [3.63, 3.8) is 0 Å². The molecular weight excluding hydrogens is 216 g/mol. The Labute approximate surface area is 95.3 Å². The number of aromatic nitrogens is 1. The molecule has 0 saturated heterocycles. The first-order chi connectivity index (χ1) is 6.70. The van der Waals surface area contributed by atoms with E-state index in [-0.39, 0.29) is 29.8 Å². The molecule has 0 aromatic carbocycles. The van der Waals surface area contributed by atoms with Crippen LogP contribution < -0.4 is 0 Å². The molecule has 1 amide bonds. The van der Waals surface area contributed by atoms with Crippen LogP contribution in [0.1, 0.15) is 24.3 Å². The molecule has 0 aliphatic heterocycles. The lowest BCUT2D eigenvalue weighted by Gasteiger charge is -2.18. The molecule has 0 spiro atoms. The first-order valence-corrected chi connectivity index (χ1v) is 4.64. The van der Waals surface area contributed by atoms with E-state index < -0.39 is 0 Å². The highest BCUT2D eigenvalue weighted by Gasteiger charge is 2.16. The average molecular weight is 231 g/mol. The van der Waals surface area contributed by atoms with Crippen LogP contribution in [0.25, 0.3) is 0 Å². The minimum atomic E-state index is -0.229. The number of nitrogens with zero attached hydrogens (tertiary/aromatic N) is 2. The van der Waals surface area contributed by atoms with E-state index in [0.29, 0.717) is 13.1 Å². The van der Waals surface area contributed by atoms with Gasteiger partial charge in [-0.15, -0.1) is 12.4 Å². The van der Waals surface area contributed by atoms with Crippen molar-refractivity contribution in [1.29, 1.82) is 0 Å². The number of carbonyl (C=O) groups excluding carboxylic acids is 1. The summed E-state index contributed by atoms with van der Waals surface area (Å²) < 4.78 is 0. The zero-order valence-corrected chi connectivity index (χ0v) is 9.62. The van der Waals surface area contributed by atoms with Gasteiger partial charge in [0.15, 0.2) is 5.69 Å². The van der Waals surface area contributed by atoms with E-state index in [0.717, 1.165) is 0 Å². The Morgan fingerprint density at radius 3 is 2.53 bits per heavy atom. The topological polar surface area (TPSA) is 53.4 Å². The Bertz CT molecular complexity index is 327. The summed E-state index contributed by atoms with van der Waals surface area (Å²) in [7, 11) is 0. The molecule has 0 fully saturated rings. The largest absolute Gasteiger partial charge is 0.505 e. The quantitative estimate of drug-likeness (QED) is 0.860. The van der Waals surface area contributed by atoms with E-state index in [2.05, 4.69) is 4.98 Å². The second-order valence-electron chi connectivity index (χ2n) is 2.85. The van der Waals surface area contributed by atoms with Gasteiger partial charge in [-0.25, -0.2) is 4.98 Å². The van der Waals surface area contributed by atoms with Crippen LogP contribution >= 0.6 is 12.4 Å². The van der Waals surface area contributed by atoms with Gasteiger partial charge in [0.25, 0.3) is 5.91 Å². The van der Waals surface area contributed by atoms with E-state index in [1.807, 2.05) is 13.8 Å². The van der Waals surface area contributed by atoms with Gasteiger partial charge in [-0.1, -0.05) is 0 Å². The van der Waals surface area contributed by atoms with E-state index in [4.69, 9.17) is 0 Å². The van der Waals surface area contributed by atoms with Gasteiger partial charge in [-0.3, -0.25) is 4.79 Å². The second kappa shape index (κ2) is 6.24. The Hall–Kier alpha value is -1.29. The molecule has 5 heteroatoms. The Balaban J connectivity index is 0.00000196. The highest BCUT2D eigenvalue weighted by Crippen LogP contribution is 2.14. The molecule has 0 radical (unpaired) electrons. The molecule has 0 aliphatic carbocycles. The van der Waals surface area contributed by atoms with Crippen LogP contribution in [0.2, 0.25) is 0 Å². The minimum Gasteiger partial charge on any atom is -0.505 e. The summed E-state index contributed by atoms with van der Waals surface area (Å²) in [4.78, 5) is 17.2. The molecule has 4 nitrogen and oxygen atoms in total. The fourth-order valence-corrected chi connectivity index (χ4v) is 1.22. The van der Waals surface area contributed by atoms with Crippen molar-refractivity contribution >= 4 is 18.3 Å². The predicted molar refractivity (Wildman–Crippen MR) is 60.4 cm³/mol. The number of rotatable bonds is 3. The van der Waals surface area contributed by atoms with E-state index in [9.17, 15) is 9.90 Å². The van der Waals surface area contributed by atoms with Crippen molar-refractivity contribution in [2.45, 2.75) is 13.8 Å². The zero-order valence-electron chi connectivity index (χ0n) is 8.80. The lowest BCUT2D eigenvalue weighted by atomic mass is 10.3. The molecule has 84 valence electrons. The SMILES string of the molecule is CCN(CC)C(=O)c1ncccc1O.Cl. The van der Waals surface area contributed by atoms with Crippen LogP contribution in [-0.4, -0.2) is 34.0 Å². The maximum absolute atomic E-state index is 11.7. The molecule has 0 atom stereocenters. The summed E-state index contributed by atoms with van der Waals surface area (Å²) in [5.41, 5.74) is 0.121. The first kappa shape index (κ1) is 13.7. The number of aromatic hydroxyl groups is 1. The predicted octanol–water partition coefficient (Wildman–Crippen LogP) is 1.69. The molecule has 15 heavy (non-hydrogen) atoms. The molecule has 1 heterocycles. The van der Waals surface area contributed by atoms with Crippen LogP contribution in [0.4, 0.5) is 0 Å². The second-order valence-corrected chi connectivity index (χ2v) is 2.85. The van der Waals surface area contributed by atoms with Crippen molar-refractivity contribution in [3.8, 4) is 5.75 Å². The Morgan fingerprint density at radius 1 is 1.47 bits per heavy atom. The normalized spacial score (nSPS) is 9.20. The number of carbonyl (C=O) groups is 1. The molecule has 0 bridgehead atoms. The molecule has 1 N–H and O–H groups in total. The standard InChI is InChI=1S/C10H14N2O2.ClH/c1-3-12(4-2)10(14)9-8(13)6-5-7-11-9;/h5-7,13H,3-4H2,1-2H3;1H. The van der Waals surface area contributed by atoms with Crippen LogP contribution in [0.3, 0.4) is 0 Å². The molecule has 1 rings (SSSR count). The number of amides is 1. The summed E-state index contributed by atoms with van der Waals surface area (Å²) in [6.45, 7) is 5.01. The van der Waals surface area contributed by atoms with Crippen molar-refractivity contribution in [1.82, 2.24) is 9.88 Å². The monoisotopic (exact) mass is 230 g/mol. The highest BCUT2D eigenvalue weighted by molar-refractivity contribution is 5.94. The molecule has 1 aromatic rings. The van der Waals surface area contributed by atoms with E-state index in [1.165, 1.54) is 12.3 Å². The van der Waals surface area contributed by atoms with Crippen molar-refractivity contribution in [3.05, 3.63) is 24.0 Å². The lowest BCUT2D eigenvalue weighted by Crippen LogP contribution is -2.31. The number of halogens is 1. The van der Waals surface area contributed by atoms with Gasteiger partial charge in [0.2, 0.25) is 0 Å². The highest BCUT2D eigenvalue weighted by atomic mass is 35.5. The van der Waals surface area contributed by atoms with Crippen LogP contribution in [0.15, 0.2) is 18.3 Å². The smallest absolute Gasteiger partial charge is 0.276 e. The third kappa shape index (κ3) is 3.09. The van der Waals surface area contributed by atoms with E-state index >= 15 is 0 Å². The molecule has 0 saturated carbocycles. The first-order valence-electron chi connectivity index (χ1n) is 4.64. The summed E-state index contributed by atoms with van der Waals surface area (Å²) in [5.74, 6) is -0.294. The van der Waals surface area contributed by atoms with E-state index in [1.54, 1.807) is 11.0 Å². The van der Waals surface area contributed by atoms with Gasteiger partial charge in [-0.2, -0.15) is 0 Å². The Kier molecular flexibility index (Phi) is 5.70. The van der Waals surface area contributed by atoms with Crippen molar-refractivity contribution in [2.24, 2.45) is 0 Å². The fourth-order valence-electron chi connectivity index (χ4n) is 1.22. The third-order valence-electron chi connectivity index (χ3n) is 2.04. The maximum Gasteiger partial charge on any atom is 0.276 e. The van der Waals surface area contributed by atoms with Gasteiger partial charge in [0.05, 0.1) is 0 Å². The summed E-state index contributed by atoms with van der Waals surface area (Å²) in [5, 5.41) is 9.41. The third-order valence-corrected chi connectivity index (χ3v) is 2.04. The minimum absolute atomic E-state index is 0. The summed E-state index contributed by atoms with van der Waals surface area (Å²) in [6.07, 6.45) is 1.50. The maximum atomic E-state index is 11.7. The zero-order chi connectivity index (χ0) is 10.6. The van der Waals surface area contributed by atoms with Crippen molar-refractivity contribution < 1.29 is 9.90 Å². The molecule has 0 unspecified atom stereocenters. The average Bonchev–Trinajstić information content (AvgIpc) is 2.20. The summed E-state index contributed by atoms with van der Waals surface area (Å²) >= 11 is 0. The van der Waals surface area contributed by atoms with Gasteiger partial charge in [-0.05, 0) is 26.0 Å². The van der Waals surface area contributed by atoms with Crippen LogP contribution in [0, 0.1) is 0 Å². The Morgan fingerprint density at radius 2 is 2.07 bits per heavy atom. The number of hydrogen-bond acceptors (Lipinski definition) is 3. The lowest BCUT2D eigenvalue weighted by molar-refractivity contribution is 0.0764. The van der Waals surface area contributed by atoms with Crippen LogP contribution in [0.5, 0.6) is 5.75 Å². The number of hydrogen-bond donors (Lipinski definition) is 1. The van der Waals surface area contributed by atoms with Crippen LogP contribution in [-0.2, 0) is 0 Å². The number of pyridine rings is 1. The summed E-state index contributed by atoms with van der Waals surface area (Å²) in [6, 6.07) is 3.05.